The second-order valence-corrected chi connectivity index (χ2v) is 3.45. The molecule has 0 fully saturated rings. The summed E-state index contributed by atoms with van der Waals surface area (Å²) in [7, 11) is 0. The normalized spacial score (nSPS) is 10.3. The predicted octanol–water partition coefficient (Wildman–Crippen LogP) is 1.56. The van der Waals surface area contributed by atoms with Gasteiger partial charge in [0, 0.05) is 11.1 Å². The van der Waals surface area contributed by atoms with Gasteiger partial charge in [-0.25, -0.2) is 0 Å². The molecule has 2 rings (SSSR count). The summed E-state index contributed by atoms with van der Waals surface area (Å²) in [6.45, 7) is 2.82. The molecule has 0 saturated carbocycles. The lowest BCUT2D eigenvalue weighted by Crippen LogP contribution is -2.00. The van der Waals surface area contributed by atoms with E-state index in [0.717, 1.165) is 24.8 Å². The molecular formula is C11H12N4O. The Morgan fingerprint density at radius 3 is 2.69 bits per heavy atom. The molecule has 0 amide bonds. The van der Waals surface area contributed by atoms with Gasteiger partial charge in [-0.15, -0.1) is 10.2 Å². The van der Waals surface area contributed by atoms with Gasteiger partial charge in [-0.2, -0.15) is 4.80 Å². The summed E-state index contributed by atoms with van der Waals surface area (Å²) in [6, 6.07) is 7.11. The Morgan fingerprint density at radius 1 is 1.31 bits per heavy atom. The van der Waals surface area contributed by atoms with E-state index in [4.69, 9.17) is 0 Å². The maximum absolute atomic E-state index is 10.5. The Balaban J connectivity index is 2.24. The number of rotatable bonds is 4. The molecule has 0 spiro atoms. The number of hydrogen-bond acceptors (Lipinski definition) is 4. The highest BCUT2D eigenvalue weighted by Gasteiger charge is 2.04. The van der Waals surface area contributed by atoms with Gasteiger partial charge in [0.2, 0.25) is 5.82 Å². The SMILES string of the molecule is CCCn1nnc(-c2ccc(C=O)cc2)n1. The van der Waals surface area contributed by atoms with Crippen LogP contribution in [0.15, 0.2) is 24.3 Å². The first-order valence-electron chi connectivity index (χ1n) is 5.17. The Morgan fingerprint density at radius 2 is 2.06 bits per heavy atom. The molecule has 0 saturated heterocycles. The molecule has 0 unspecified atom stereocenters. The van der Waals surface area contributed by atoms with E-state index < -0.39 is 0 Å². The summed E-state index contributed by atoms with van der Waals surface area (Å²) >= 11 is 0. The van der Waals surface area contributed by atoms with E-state index in [0.29, 0.717) is 11.4 Å². The first kappa shape index (κ1) is 10.5. The number of aromatic nitrogens is 4. The summed E-state index contributed by atoms with van der Waals surface area (Å²) in [6.07, 6.45) is 1.78. The van der Waals surface area contributed by atoms with E-state index in [1.807, 2.05) is 12.1 Å². The van der Waals surface area contributed by atoms with Crippen LogP contribution in [-0.2, 0) is 6.54 Å². The van der Waals surface area contributed by atoms with Gasteiger partial charge in [-0.05, 0) is 11.6 Å². The lowest BCUT2D eigenvalue weighted by molar-refractivity contribution is 0.112. The highest BCUT2D eigenvalue weighted by Crippen LogP contribution is 2.13. The highest BCUT2D eigenvalue weighted by molar-refractivity contribution is 5.76. The molecular weight excluding hydrogens is 204 g/mol. The zero-order valence-electron chi connectivity index (χ0n) is 9.00. The quantitative estimate of drug-likeness (QED) is 0.728. The van der Waals surface area contributed by atoms with Crippen LogP contribution in [0.3, 0.4) is 0 Å². The maximum Gasteiger partial charge on any atom is 0.204 e. The third-order valence-corrected chi connectivity index (χ3v) is 2.18. The second-order valence-electron chi connectivity index (χ2n) is 3.45. The molecule has 82 valence electrons. The number of aldehydes is 1. The van der Waals surface area contributed by atoms with Crippen molar-refractivity contribution >= 4 is 6.29 Å². The van der Waals surface area contributed by atoms with Crippen molar-refractivity contribution in [2.75, 3.05) is 0 Å². The molecule has 0 bridgehead atoms. The molecule has 0 atom stereocenters. The van der Waals surface area contributed by atoms with Gasteiger partial charge in [0.15, 0.2) is 0 Å². The molecule has 0 aliphatic heterocycles. The molecule has 1 heterocycles. The predicted molar refractivity (Wildman–Crippen MR) is 58.9 cm³/mol. The van der Waals surface area contributed by atoms with Gasteiger partial charge >= 0.3 is 0 Å². The number of hydrogen-bond donors (Lipinski definition) is 0. The minimum Gasteiger partial charge on any atom is -0.298 e. The second kappa shape index (κ2) is 4.65. The third-order valence-electron chi connectivity index (χ3n) is 2.18. The minimum absolute atomic E-state index is 0.589. The van der Waals surface area contributed by atoms with Crippen LogP contribution in [0.25, 0.3) is 11.4 Å². The van der Waals surface area contributed by atoms with Crippen molar-refractivity contribution in [3.63, 3.8) is 0 Å². The number of aryl methyl sites for hydroxylation is 1. The first-order chi connectivity index (χ1) is 7.83. The molecule has 0 aliphatic rings. The van der Waals surface area contributed by atoms with Crippen LogP contribution in [0, 0.1) is 0 Å². The average molecular weight is 216 g/mol. The van der Waals surface area contributed by atoms with E-state index in [1.54, 1.807) is 16.9 Å². The first-order valence-corrected chi connectivity index (χ1v) is 5.17. The molecule has 2 aromatic rings. The maximum atomic E-state index is 10.5. The Labute approximate surface area is 93.1 Å². The van der Waals surface area contributed by atoms with E-state index in [2.05, 4.69) is 22.3 Å². The standard InChI is InChI=1S/C11H12N4O/c1-2-7-15-13-11(12-14-15)10-5-3-9(8-16)4-6-10/h3-6,8H,2,7H2,1H3. The Hall–Kier alpha value is -2.04. The lowest BCUT2D eigenvalue weighted by atomic mass is 10.1. The van der Waals surface area contributed by atoms with Crippen molar-refractivity contribution < 1.29 is 4.79 Å². The Kier molecular flexibility index (Phi) is 3.05. The highest BCUT2D eigenvalue weighted by atomic mass is 16.1. The van der Waals surface area contributed by atoms with Crippen LogP contribution >= 0.6 is 0 Å². The van der Waals surface area contributed by atoms with Crippen LogP contribution in [0.1, 0.15) is 23.7 Å². The van der Waals surface area contributed by atoms with Crippen molar-refractivity contribution in [1.82, 2.24) is 20.2 Å². The summed E-state index contributed by atoms with van der Waals surface area (Å²) in [5, 5.41) is 12.1. The van der Waals surface area contributed by atoms with Crippen molar-refractivity contribution in [1.29, 1.82) is 0 Å². The van der Waals surface area contributed by atoms with Gasteiger partial charge in [0.25, 0.3) is 0 Å². The number of benzene rings is 1. The number of tetrazole rings is 1. The van der Waals surface area contributed by atoms with Gasteiger partial charge in [0.1, 0.15) is 6.29 Å². The van der Waals surface area contributed by atoms with E-state index in [9.17, 15) is 4.79 Å². The van der Waals surface area contributed by atoms with Crippen LogP contribution in [0.4, 0.5) is 0 Å². The lowest BCUT2D eigenvalue weighted by Gasteiger charge is -1.94. The number of carbonyl (C=O) groups excluding carboxylic acids is 1. The summed E-state index contributed by atoms with van der Waals surface area (Å²) in [5.41, 5.74) is 1.51. The topological polar surface area (TPSA) is 60.7 Å². The van der Waals surface area contributed by atoms with E-state index >= 15 is 0 Å². The van der Waals surface area contributed by atoms with Crippen LogP contribution in [0.5, 0.6) is 0 Å². The van der Waals surface area contributed by atoms with Crippen molar-refractivity contribution in [2.45, 2.75) is 19.9 Å². The third kappa shape index (κ3) is 2.13. The van der Waals surface area contributed by atoms with E-state index in [-0.39, 0.29) is 0 Å². The van der Waals surface area contributed by atoms with Crippen LogP contribution in [-0.4, -0.2) is 26.5 Å². The fourth-order valence-corrected chi connectivity index (χ4v) is 1.36. The van der Waals surface area contributed by atoms with Gasteiger partial charge in [0.05, 0.1) is 6.54 Å². The van der Waals surface area contributed by atoms with Gasteiger partial charge < -0.3 is 0 Å². The monoisotopic (exact) mass is 216 g/mol. The van der Waals surface area contributed by atoms with Crippen LogP contribution < -0.4 is 0 Å². The summed E-state index contributed by atoms with van der Waals surface area (Å²) < 4.78 is 0. The summed E-state index contributed by atoms with van der Waals surface area (Å²) in [5.74, 6) is 0.589. The fourth-order valence-electron chi connectivity index (χ4n) is 1.36. The minimum atomic E-state index is 0.589. The molecule has 0 radical (unpaired) electrons. The molecule has 16 heavy (non-hydrogen) atoms. The molecule has 5 heteroatoms. The molecule has 1 aromatic carbocycles. The molecule has 5 nitrogen and oxygen atoms in total. The van der Waals surface area contributed by atoms with Gasteiger partial charge in [-0.3, -0.25) is 4.79 Å². The zero-order valence-corrected chi connectivity index (χ0v) is 9.00. The summed E-state index contributed by atoms with van der Waals surface area (Å²) in [4.78, 5) is 12.1. The smallest absolute Gasteiger partial charge is 0.204 e. The molecule has 0 N–H and O–H groups in total. The van der Waals surface area contributed by atoms with Crippen LogP contribution in [0.2, 0.25) is 0 Å². The van der Waals surface area contributed by atoms with E-state index in [1.165, 1.54) is 0 Å². The van der Waals surface area contributed by atoms with Gasteiger partial charge in [-0.1, -0.05) is 31.2 Å². The largest absolute Gasteiger partial charge is 0.298 e. The Bertz CT molecular complexity index is 475. The zero-order chi connectivity index (χ0) is 11.4. The van der Waals surface area contributed by atoms with Crippen molar-refractivity contribution in [2.24, 2.45) is 0 Å². The number of carbonyl (C=O) groups is 1. The molecule has 1 aromatic heterocycles. The van der Waals surface area contributed by atoms with Crippen molar-refractivity contribution in [3.8, 4) is 11.4 Å². The fraction of sp³-hybridized carbons (Fsp3) is 0.273. The average Bonchev–Trinajstić information content (AvgIpc) is 2.78. The molecule has 0 aliphatic carbocycles. The number of nitrogens with zero attached hydrogens (tertiary/aromatic N) is 4. The van der Waals surface area contributed by atoms with Crippen molar-refractivity contribution in [3.05, 3.63) is 29.8 Å².